The molecule has 4 heteroatoms. The molecular formula is C26H35NO3. The number of likely N-dealkylation sites (tertiary alicyclic amines) is 1. The summed E-state index contributed by atoms with van der Waals surface area (Å²) >= 11 is 0. The van der Waals surface area contributed by atoms with Gasteiger partial charge in [-0.15, -0.1) is 0 Å². The Labute approximate surface area is 180 Å². The van der Waals surface area contributed by atoms with Gasteiger partial charge in [-0.1, -0.05) is 35.9 Å². The Bertz CT molecular complexity index is 874. The fourth-order valence-corrected chi connectivity index (χ4v) is 4.32. The standard InChI is InChI=1S/C26H35NO3/c1-19-12-13-21(20(2)16-19)9-6-14-27-15-7-10-23(18-27)22-8-5-11-24(17-22)30-26(3,4)25(28)29/h5,8,11-13,16-17,23H,6-7,9-10,14-15,18H2,1-4H3,(H,28,29). The van der Waals surface area contributed by atoms with Gasteiger partial charge in [0, 0.05) is 6.54 Å². The molecule has 4 nitrogen and oxygen atoms in total. The second-order valence-electron chi connectivity index (χ2n) is 9.16. The molecule has 0 spiro atoms. The molecule has 0 bridgehead atoms. The fourth-order valence-electron chi connectivity index (χ4n) is 4.32. The predicted octanol–water partition coefficient (Wildman–Crippen LogP) is 5.36. The Balaban J connectivity index is 1.57. The molecule has 0 saturated carbocycles. The van der Waals surface area contributed by atoms with Gasteiger partial charge >= 0.3 is 5.97 Å². The maximum absolute atomic E-state index is 11.4. The van der Waals surface area contributed by atoms with E-state index < -0.39 is 11.6 Å². The molecule has 162 valence electrons. The van der Waals surface area contributed by atoms with Crippen LogP contribution < -0.4 is 4.74 Å². The fraction of sp³-hybridized carbons (Fsp3) is 0.500. The highest BCUT2D eigenvalue weighted by molar-refractivity contribution is 5.76. The van der Waals surface area contributed by atoms with Crippen molar-refractivity contribution in [1.29, 1.82) is 0 Å². The molecule has 1 heterocycles. The molecule has 1 fully saturated rings. The predicted molar refractivity (Wildman–Crippen MR) is 121 cm³/mol. The average Bonchev–Trinajstić information content (AvgIpc) is 2.70. The molecule has 1 unspecified atom stereocenters. The van der Waals surface area contributed by atoms with E-state index in [2.05, 4.69) is 43.0 Å². The molecule has 30 heavy (non-hydrogen) atoms. The number of aliphatic carboxylic acids is 1. The van der Waals surface area contributed by atoms with Gasteiger partial charge in [0.1, 0.15) is 5.75 Å². The van der Waals surface area contributed by atoms with E-state index in [4.69, 9.17) is 4.74 Å². The van der Waals surface area contributed by atoms with Gasteiger partial charge in [0.15, 0.2) is 5.60 Å². The molecule has 0 aliphatic carbocycles. The normalized spacial score (nSPS) is 17.7. The summed E-state index contributed by atoms with van der Waals surface area (Å²) in [6.45, 7) is 10.9. The van der Waals surface area contributed by atoms with Crippen LogP contribution in [-0.4, -0.2) is 41.2 Å². The van der Waals surface area contributed by atoms with Crippen LogP contribution in [0, 0.1) is 13.8 Å². The van der Waals surface area contributed by atoms with Crippen molar-refractivity contribution in [2.75, 3.05) is 19.6 Å². The van der Waals surface area contributed by atoms with E-state index in [0.29, 0.717) is 11.7 Å². The number of carbonyl (C=O) groups is 1. The van der Waals surface area contributed by atoms with Gasteiger partial charge in [-0.25, -0.2) is 4.79 Å². The molecule has 2 aromatic rings. The summed E-state index contributed by atoms with van der Waals surface area (Å²) in [7, 11) is 0. The van der Waals surface area contributed by atoms with Crippen LogP contribution in [0.2, 0.25) is 0 Å². The number of benzene rings is 2. The SMILES string of the molecule is Cc1ccc(CCCN2CCCC(c3cccc(OC(C)(C)C(=O)O)c3)C2)c(C)c1. The third kappa shape index (κ3) is 5.85. The Morgan fingerprint density at radius 2 is 2.00 bits per heavy atom. The number of carboxylic acid groups (broad SMARTS) is 1. The van der Waals surface area contributed by atoms with Gasteiger partial charge < -0.3 is 14.7 Å². The molecular weight excluding hydrogens is 374 g/mol. The van der Waals surface area contributed by atoms with Crippen molar-refractivity contribution >= 4 is 5.97 Å². The second-order valence-corrected chi connectivity index (χ2v) is 9.16. The first-order valence-electron chi connectivity index (χ1n) is 11.1. The van der Waals surface area contributed by atoms with E-state index >= 15 is 0 Å². The average molecular weight is 410 g/mol. The van der Waals surface area contributed by atoms with Gasteiger partial charge in [0.2, 0.25) is 0 Å². The van der Waals surface area contributed by atoms with Crippen molar-refractivity contribution in [2.24, 2.45) is 0 Å². The zero-order valence-corrected chi connectivity index (χ0v) is 18.8. The first kappa shape index (κ1) is 22.4. The molecule has 3 rings (SSSR count). The Morgan fingerprint density at radius 3 is 2.73 bits per heavy atom. The van der Waals surface area contributed by atoms with Crippen molar-refractivity contribution in [3.8, 4) is 5.75 Å². The van der Waals surface area contributed by atoms with Crippen LogP contribution in [0.3, 0.4) is 0 Å². The lowest BCUT2D eigenvalue weighted by Gasteiger charge is -2.33. The largest absolute Gasteiger partial charge is 0.478 e. The van der Waals surface area contributed by atoms with Crippen molar-refractivity contribution in [1.82, 2.24) is 4.90 Å². The summed E-state index contributed by atoms with van der Waals surface area (Å²) in [6, 6.07) is 14.7. The quantitative estimate of drug-likeness (QED) is 0.638. The van der Waals surface area contributed by atoms with Crippen LogP contribution in [-0.2, 0) is 11.2 Å². The number of hydrogen-bond donors (Lipinski definition) is 1. The van der Waals surface area contributed by atoms with Gasteiger partial charge in [-0.3, -0.25) is 0 Å². The van der Waals surface area contributed by atoms with Crippen LogP contribution in [0.4, 0.5) is 0 Å². The van der Waals surface area contributed by atoms with Gasteiger partial charge in [-0.05, 0) is 101 Å². The van der Waals surface area contributed by atoms with E-state index in [0.717, 1.165) is 26.1 Å². The number of hydrogen-bond acceptors (Lipinski definition) is 3. The Kier molecular flexibility index (Phi) is 7.19. The Hall–Kier alpha value is -2.33. The molecule has 1 atom stereocenters. The monoisotopic (exact) mass is 409 g/mol. The zero-order valence-electron chi connectivity index (χ0n) is 18.8. The van der Waals surface area contributed by atoms with Crippen molar-refractivity contribution in [3.05, 3.63) is 64.7 Å². The lowest BCUT2D eigenvalue weighted by Crippen LogP contribution is -2.38. The first-order chi connectivity index (χ1) is 14.2. The number of carboxylic acids is 1. The summed E-state index contributed by atoms with van der Waals surface area (Å²) in [4.78, 5) is 13.9. The topological polar surface area (TPSA) is 49.8 Å². The smallest absolute Gasteiger partial charge is 0.347 e. The highest BCUT2D eigenvalue weighted by atomic mass is 16.5. The maximum Gasteiger partial charge on any atom is 0.347 e. The third-order valence-electron chi connectivity index (χ3n) is 6.14. The van der Waals surface area contributed by atoms with Gasteiger partial charge in [-0.2, -0.15) is 0 Å². The van der Waals surface area contributed by atoms with E-state index in [1.54, 1.807) is 13.8 Å². The lowest BCUT2D eigenvalue weighted by atomic mass is 9.90. The van der Waals surface area contributed by atoms with Gasteiger partial charge in [0.25, 0.3) is 0 Å². The van der Waals surface area contributed by atoms with Crippen LogP contribution in [0.1, 0.15) is 61.3 Å². The molecule has 1 aliphatic rings. The Morgan fingerprint density at radius 1 is 1.20 bits per heavy atom. The highest BCUT2D eigenvalue weighted by Crippen LogP contribution is 2.30. The molecule has 2 aromatic carbocycles. The third-order valence-corrected chi connectivity index (χ3v) is 6.14. The summed E-state index contributed by atoms with van der Waals surface area (Å²) in [5, 5.41) is 9.32. The minimum atomic E-state index is -1.23. The molecule has 1 saturated heterocycles. The van der Waals surface area contributed by atoms with E-state index in [9.17, 15) is 9.90 Å². The van der Waals surface area contributed by atoms with Crippen LogP contribution in [0.5, 0.6) is 5.75 Å². The highest BCUT2D eigenvalue weighted by Gasteiger charge is 2.30. The molecule has 0 amide bonds. The van der Waals surface area contributed by atoms with E-state index in [-0.39, 0.29) is 0 Å². The summed E-state index contributed by atoms with van der Waals surface area (Å²) in [5.74, 6) is 0.142. The molecule has 0 radical (unpaired) electrons. The van der Waals surface area contributed by atoms with Crippen molar-refractivity contribution < 1.29 is 14.6 Å². The second kappa shape index (κ2) is 9.65. The number of ether oxygens (including phenoxy) is 1. The van der Waals surface area contributed by atoms with Crippen molar-refractivity contribution in [3.63, 3.8) is 0 Å². The summed E-state index contributed by atoms with van der Waals surface area (Å²) in [5.41, 5.74) is 4.19. The molecule has 1 N–H and O–H groups in total. The lowest BCUT2D eigenvalue weighted by molar-refractivity contribution is -0.152. The summed E-state index contributed by atoms with van der Waals surface area (Å²) in [6.07, 6.45) is 4.66. The minimum Gasteiger partial charge on any atom is -0.478 e. The molecule has 1 aliphatic heterocycles. The van der Waals surface area contributed by atoms with Crippen LogP contribution in [0.25, 0.3) is 0 Å². The zero-order chi connectivity index (χ0) is 21.7. The summed E-state index contributed by atoms with van der Waals surface area (Å²) < 4.78 is 5.74. The van der Waals surface area contributed by atoms with E-state index in [1.165, 1.54) is 41.5 Å². The van der Waals surface area contributed by atoms with Gasteiger partial charge in [0.05, 0.1) is 0 Å². The molecule has 0 aromatic heterocycles. The minimum absolute atomic E-state index is 0.469. The van der Waals surface area contributed by atoms with Crippen LogP contribution >= 0.6 is 0 Å². The number of rotatable bonds is 8. The number of aryl methyl sites for hydroxylation is 3. The van der Waals surface area contributed by atoms with E-state index in [1.807, 2.05) is 18.2 Å². The number of nitrogens with zero attached hydrogens (tertiary/aromatic N) is 1. The van der Waals surface area contributed by atoms with Crippen molar-refractivity contribution in [2.45, 2.75) is 64.9 Å². The first-order valence-corrected chi connectivity index (χ1v) is 11.1. The maximum atomic E-state index is 11.4. The van der Waals surface area contributed by atoms with Crippen LogP contribution in [0.15, 0.2) is 42.5 Å². The number of piperidine rings is 1.